The van der Waals surface area contributed by atoms with E-state index in [2.05, 4.69) is 4.98 Å². The number of nitrogens with zero attached hydrogens (tertiary/aromatic N) is 3. The van der Waals surface area contributed by atoms with Crippen molar-refractivity contribution >= 4 is 32.3 Å². The summed E-state index contributed by atoms with van der Waals surface area (Å²) in [6.45, 7) is 1.50. The van der Waals surface area contributed by atoms with Crippen LogP contribution in [0.5, 0.6) is 0 Å². The van der Waals surface area contributed by atoms with Crippen molar-refractivity contribution in [1.29, 1.82) is 0 Å². The fraction of sp³-hybridized carbons (Fsp3) is 0.235. The number of fused-ring (bicyclic) bond motifs is 1. The molecular weight excluding hydrogens is 390 g/mol. The lowest BCUT2D eigenvalue weighted by atomic mass is 10.1. The number of hydrogen-bond acceptors (Lipinski definition) is 7. The Hall–Kier alpha value is -2.56. The molecule has 1 aromatic carbocycles. The number of thiazole rings is 1. The van der Waals surface area contributed by atoms with Gasteiger partial charge in [0.2, 0.25) is 10.0 Å². The molecule has 0 atom stereocenters. The number of sulfonamides is 1. The molecule has 0 fully saturated rings. The minimum absolute atomic E-state index is 0.00132. The van der Waals surface area contributed by atoms with Crippen LogP contribution in [0, 0.1) is 6.92 Å². The van der Waals surface area contributed by atoms with Gasteiger partial charge in [-0.05, 0) is 24.6 Å². The van der Waals surface area contributed by atoms with Crippen LogP contribution < -0.4 is 5.56 Å². The standard InChI is InChI=1S/C17H17N3O5S2/c1-11-4-5-13(27(23,24)19(2)3)9-14(11)16(22)25-10-12-8-15(21)20-6-7-26-17(20)18-12/h4-9H,10H2,1-3H3. The predicted molar refractivity (Wildman–Crippen MR) is 101 cm³/mol. The number of aryl methyl sites for hydroxylation is 1. The minimum atomic E-state index is -3.67. The van der Waals surface area contributed by atoms with Crippen LogP contribution in [0.3, 0.4) is 0 Å². The third-order valence-electron chi connectivity index (χ3n) is 3.91. The Labute approximate surface area is 159 Å². The van der Waals surface area contributed by atoms with Gasteiger partial charge in [0.15, 0.2) is 4.96 Å². The van der Waals surface area contributed by atoms with Crippen molar-refractivity contribution in [2.24, 2.45) is 0 Å². The Balaban J connectivity index is 1.84. The molecule has 0 spiro atoms. The zero-order chi connectivity index (χ0) is 19.8. The molecule has 0 saturated carbocycles. The van der Waals surface area contributed by atoms with Crippen LogP contribution in [0.15, 0.2) is 45.5 Å². The van der Waals surface area contributed by atoms with Gasteiger partial charge in [0, 0.05) is 31.7 Å². The summed E-state index contributed by atoms with van der Waals surface area (Å²) >= 11 is 1.30. The highest BCUT2D eigenvalue weighted by Crippen LogP contribution is 2.19. The molecule has 3 rings (SSSR count). The number of benzene rings is 1. The van der Waals surface area contributed by atoms with Crippen molar-refractivity contribution in [2.75, 3.05) is 14.1 Å². The van der Waals surface area contributed by atoms with Gasteiger partial charge in [0.25, 0.3) is 5.56 Å². The maximum Gasteiger partial charge on any atom is 0.338 e. The maximum absolute atomic E-state index is 12.4. The molecule has 0 saturated heterocycles. The van der Waals surface area contributed by atoms with Crippen molar-refractivity contribution in [3.63, 3.8) is 0 Å². The molecule has 10 heteroatoms. The fourth-order valence-corrected chi connectivity index (χ4v) is 4.04. The molecule has 2 aromatic heterocycles. The van der Waals surface area contributed by atoms with Crippen LogP contribution in [-0.4, -0.2) is 42.2 Å². The van der Waals surface area contributed by atoms with Crippen molar-refractivity contribution in [3.8, 4) is 0 Å². The Kier molecular flexibility index (Phi) is 5.13. The first-order valence-corrected chi connectivity index (χ1v) is 10.2. The molecule has 0 bridgehead atoms. The summed E-state index contributed by atoms with van der Waals surface area (Å²) in [6.07, 6.45) is 1.62. The highest BCUT2D eigenvalue weighted by molar-refractivity contribution is 7.89. The van der Waals surface area contributed by atoms with Crippen LogP contribution in [0.4, 0.5) is 0 Å². The molecule has 0 unspecified atom stereocenters. The van der Waals surface area contributed by atoms with Gasteiger partial charge in [0.05, 0.1) is 16.2 Å². The van der Waals surface area contributed by atoms with Crippen molar-refractivity contribution < 1.29 is 17.9 Å². The number of carbonyl (C=O) groups excluding carboxylic acids is 1. The van der Waals surface area contributed by atoms with E-state index in [1.54, 1.807) is 24.6 Å². The second-order valence-corrected chi connectivity index (χ2v) is 9.01. The topological polar surface area (TPSA) is 98.0 Å². The Morgan fingerprint density at radius 2 is 2.04 bits per heavy atom. The van der Waals surface area contributed by atoms with Gasteiger partial charge in [-0.15, -0.1) is 11.3 Å². The van der Waals surface area contributed by atoms with Crippen LogP contribution in [0.1, 0.15) is 21.6 Å². The van der Waals surface area contributed by atoms with E-state index >= 15 is 0 Å². The van der Waals surface area contributed by atoms with Crippen LogP contribution in [-0.2, 0) is 21.4 Å². The molecule has 2 heterocycles. The normalized spacial score (nSPS) is 11.9. The van der Waals surface area contributed by atoms with E-state index < -0.39 is 16.0 Å². The third-order valence-corrected chi connectivity index (χ3v) is 6.48. The first-order chi connectivity index (χ1) is 12.7. The summed E-state index contributed by atoms with van der Waals surface area (Å²) < 4.78 is 32.2. The average Bonchev–Trinajstić information content (AvgIpc) is 3.09. The first-order valence-electron chi connectivity index (χ1n) is 7.86. The van der Waals surface area contributed by atoms with Gasteiger partial charge in [-0.1, -0.05) is 6.07 Å². The maximum atomic E-state index is 12.4. The van der Waals surface area contributed by atoms with E-state index in [1.807, 2.05) is 0 Å². The second kappa shape index (κ2) is 7.22. The molecule has 0 aliphatic rings. The van der Waals surface area contributed by atoms with Crippen molar-refractivity contribution in [3.05, 3.63) is 63.0 Å². The predicted octanol–water partition coefficient (Wildman–Crippen LogP) is 1.67. The molecule has 8 nitrogen and oxygen atoms in total. The SMILES string of the molecule is Cc1ccc(S(=O)(=O)N(C)C)cc1C(=O)OCc1cc(=O)n2ccsc2n1. The third kappa shape index (κ3) is 3.77. The van der Waals surface area contributed by atoms with Gasteiger partial charge >= 0.3 is 5.97 Å². The van der Waals surface area contributed by atoms with E-state index in [0.717, 1.165) is 4.31 Å². The molecule has 0 amide bonds. The van der Waals surface area contributed by atoms with Gasteiger partial charge in [-0.25, -0.2) is 22.5 Å². The molecule has 0 radical (unpaired) electrons. The Bertz CT molecular complexity index is 1180. The molecule has 0 aliphatic heterocycles. The summed E-state index contributed by atoms with van der Waals surface area (Å²) in [5.74, 6) is -0.684. The quantitative estimate of drug-likeness (QED) is 0.597. The molecule has 3 aromatic rings. The fourth-order valence-electron chi connectivity index (χ4n) is 2.37. The summed E-state index contributed by atoms with van der Waals surface area (Å²) in [7, 11) is -0.840. The van der Waals surface area contributed by atoms with Gasteiger partial charge in [0.1, 0.15) is 6.61 Å². The number of ether oxygens (including phenoxy) is 1. The summed E-state index contributed by atoms with van der Waals surface area (Å²) in [6, 6.07) is 5.58. The monoisotopic (exact) mass is 407 g/mol. The Morgan fingerprint density at radius 1 is 1.30 bits per heavy atom. The molecule has 27 heavy (non-hydrogen) atoms. The molecule has 0 N–H and O–H groups in total. The van der Waals surface area contributed by atoms with E-state index in [9.17, 15) is 18.0 Å². The highest BCUT2D eigenvalue weighted by Gasteiger charge is 2.21. The number of carbonyl (C=O) groups is 1. The van der Waals surface area contributed by atoms with E-state index in [1.165, 1.54) is 48.0 Å². The lowest BCUT2D eigenvalue weighted by molar-refractivity contribution is 0.0466. The highest BCUT2D eigenvalue weighted by atomic mass is 32.2. The summed E-state index contributed by atoms with van der Waals surface area (Å²) in [5.41, 5.74) is 0.791. The van der Waals surface area contributed by atoms with E-state index in [0.29, 0.717) is 16.2 Å². The summed E-state index contributed by atoms with van der Waals surface area (Å²) in [4.78, 5) is 29.2. The van der Waals surface area contributed by atoms with Crippen molar-refractivity contribution in [1.82, 2.24) is 13.7 Å². The van der Waals surface area contributed by atoms with Gasteiger partial charge < -0.3 is 4.74 Å². The first kappa shape index (κ1) is 19.2. The second-order valence-electron chi connectivity index (χ2n) is 5.98. The molecular formula is C17H17N3O5S2. The minimum Gasteiger partial charge on any atom is -0.456 e. The lowest BCUT2D eigenvalue weighted by Crippen LogP contribution is -2.22. The zero-order valence-corrected chi connectivity index (χ0v) is 16.5. The van der Waals surface area contributed by atoms with Crippen LogP contribution in [0.2, 0.25) is 0 Å². The average molecular weight is 407 g/mol. The number of aromatic nitrogens is 2. The molecule has 142 valence electrons. The zero-order valence-electron chi connectivity index (χ0n) is 14.9. The van der Waals surface area contributed by atoms with E-state index in [4.69, 9.17) is 4.74 Å². The van der Waals surface area contributed by atoms with Crippen molar-refractivity contribution in [2.45, 2.75) is 18.4 Å². The number of hydrogen-bond donors (Lipinski definition) is 0. The van der Waals surface area contributed by atoms with Gasteiger partial charge in [-0.3, -0.25) is 9.20 Å². The Morgan fingerprint density at radius 3 is 2.74 bits per heavy atom. The van der Waals surface area contributed by atoms with Crippen LogP contribution in [0.25, 0.3) is 4.96 Å². The number of rotatable bonds is 5. The van der Waals surface area contributed by atoms with Crippen LogP contribution >= 0.6 is 11.3 Å². The van der Waals surface area contributed by atoms with E-state index in [-0.39, 0.29) is 22.6 Å². The lowest BCUT2D eigenvalue weighted by Gasteiger charge is -2.13. The largest absolute Gasteiger partial charge is 0.456 e. The molecule has 0 aliphatic carbocycles. The summed E-state index contributed by atoms with van der Waals surface area (Å²) in [5, 5.41) is 1.74. The van der Waals surface area contributed by atoms with Gasteiger partial charge in [-0.2, -0.15) is 0 Å². The smallest absolute Gasteiger partial charge is 0.338 e. The number of esters is 1.